The molecular formula is C18H16Cl2N6O. The second-order valence-corrected chi connectivity index (χ2v) is 7.11. The van der Waals surface area contributed by atoms with Crippen molar-refractivity contribution in [2.24, 2.45) is 0 Å². The van der Waals surface area contributed by atoms with Crippen LogP contribution in [-0.4, -0.2) is 51.9 Å². The van der Waals surface area contributed by atoms with E-state index >= 15 is 0 Å². The van der Waals surface area contributed by atoms with Gasteiger partial charge in [0.15, 0.2) is 5.65 Å². The van der Waals surface area contributed by atoms with Crippen LogP contribution < -0.4 is 10.6 Å². The second-order valence-electron chi connectivity index (χ2n) is 6.24. The molecule has 1 aliphatic heterocycles. The molecule has 0 atom stereocenters. The summed E-state index contributed by atoms with van der Waals surface area (Å²) in [5.41, 5.74) is 6.79. The van der Waals surface area contributed by atoms with Gasteiger partial charge in [0.05, 0.1) is 5.39 Å². The lowest BCUT2D eigenvalue weighted by Gasteiger charge is -2.35. The van der Waals surface area contributed by atoms with Crippen molar-refractivity contribution in [3.63, 3.8) is 0 Å². The molecule has 0 bridgehead atoms. The third kappa shape index (κ3) is 3.61. The number of pyridine rings is 1. The summed E-state index contributed by atoms with van der Waals surface area (Å²) in [6, 6.07) is 8.49. The van der Waals surface area contributed by atoms with Gasteiger partial charge in [0.1, 0.15) is 18.0 Å². The van der Waals surface area contributed by atoms with Crippen LogP contribution in [0, 0.1) is 0 Å². The number of nitrogen functional groups attached to an aromatic ring is 1. The predicted molar refractivity (Wildman–Crippen MR) is 106 cm³/mol. The van der Waals surface area contributed by atoms with Gasteiger partial charge in [-0.05, 0) is 30.3 Å². The molecule has 9 heteroatoms. The van der Waals surface area contributed by atoms with E-state index in [0.29, 0.717) is 53.3 Å². The summed E-state index contributed by atoms with van der Waals surface area (Å²) in [5, 5.41) is 1.74. The maximum absolute atomic E-state index is 12.7. The summed E-state index contributed by atoms with van der Waals surface area (Å²) in [4.78, 5) is 29.5. The number of halogens is 2. The Bertz CT molecular complexity index is 1000. The van der Waals surface area contributed by atoms with E-state index in [1.54, 1.807) is 29.2 Å². The topological polar surface area (TPSA) is 88.2 Å². The van der Waals surface area contributed by atoms with Crippen LogP contribution in [0.3, 0.4) is 0 Å². The van der Waals surface area contributed by atoms with E-state index in [-0.39, 0.29) is 5.91 Å². The molecule has 0 unspecified atom stereocenters. The van der Waals surface area contributed by atoms with E-state index in [9.17, 15) is 4.79 Å². The summed E-state index contributed by atoms with van der Waals surface area (Å²) < 4.78 is 0. The molecule has 0 aliphatic carbocycles. The number of benzene rings is 1. The predicted octanol–water partition coefficient (Wildman–Crippen LogP) is 2.88. The van der Waals surface area contributed by atoms with Gasteiger partial charge in [0.25, 0.3) is 5.91 Å². The summed E-state index contributed by atoms with van der Waals surface area (Å²) in [7, 11) is 0. The number of anilines is 2. The first-order chi connectivity index (χ1) is 13.0. The molecule has 2 N–H and O–H groups in total. The normalized spacial score (nSPS) is 14.6. The number of carbonyl (C=O) groups excluding carboxylic acids is 1. The SMILES string of the molecule is Nc1ccc2c(N3CCN(C(=O)c4cc(Cl)cc(Cl)c4)CC3)ncnc2n1. The average Bonchev–Trinajstić information content (AvgIpc) is 2.66. The summed E-state index contributed by atoms with van der Waals surface area (Å²) in [5.74, 6) is 1.13. The minimum Gasteiger partial charge on any atom is -0.384 e. The lowest BCUT2D eigenvalue weighted by molar-refractivity contribution is 0.0746. The summed E-state index contributed by atoms with van der Waals surface area (Å²) in [6.45, 7) is 2.43. The number of aromatic nitrogens is 3. The van der Waals surface area contributed by atoms with Gasteiger partial charge in [0.2, 0.25) is 0 Å². The van der Waals surface area contributed by atoms with E-state index in [4.69, 9.17) is 28.9 Å². The lowest BCUT2D eigenvalue weighted by Crippen LogP contribution is -2.49. The maximum Gasteiger partial charge on any atom is 0.254 e. The number of hydrogen-bond donors (Lipinski definition) is 1. The van der Waals surface area contributed by atoms with Crippen molar-refractivity contribution in [2.75, 3.05) is 36.8 Å². The molecule has 0 radical (unpaired) electrons. The Morgan fingerprint density at radius 3 is 2.41 bits per heavy atom. The number of hydrogen-bond acceptors (Lipinski definition) is 6. The summed E-state index contributed by atoms with van der Waals surface area (Å²) in [6.07, 6.45) is 1.48. The third-order valence-electron chi connectivity index (χ3n) is 4.47. The molecular weight excluding hydrogens is 387 g/mol. The molecule has 2 aromatic heterocycles. The molecule has 1 aliphatic rings. The van der Waals surface area contributed by atoms with Gasteiger partial charge in [-0.25, -0.2) is 15.0 Å². The zero-order valence-electron chi connectivity index (χ0n) is 14.3. The highest BCUT2D eigenvalue weighted by Crippen LogP contribution is 2.25. The maximum atomic E-state index is 12.7. The van der Waals surface area contributed by atoms with E-state index in [0.717, 1.165) is 11.2 Å². The molecule has 3 heterocycles. The zero-order chi connectivity index (χ0) is 19.0. The Morgan fingerprint density at radius 2 is 1.70 bits per heavy atom. The number of fused-ring (bicyclic) bond motifs is 1. The van der Waals surface area contributed by atoms with Gasteiger partial charge >= 0.3 is 0 Å². The van der Waals surface area contributed by atoms with Crippen molar-refractivity contribution in [2.45, 2.75) is 0 Å². The van der Waals surface area contributed by atoms with Gasteiger partial charge in [-0.15, -0.1) is 0 Å². The molecule has 1 aromatic carbocycles. The van der Waals surface area contributed by atoms with Crippen molar-refractivity contribution in [3.05, 3.63) is 52.3 Å². The smallest absolute Gasteiger partial charge is 0.254 e. The third-order valence-corrected chi connectivity index (χ3v) is 4.91. The Hall–Kier alpha value is -2.64. The van der Waals surface area contributed by atoms with Crippen LogP contribution in [0.1, 0.15) is 10.4 Å². The molecule has 0 saturated carbocycles. The Labute approximate surface area is 165 Å². The molecule has 1 saturated heterocycles. The monoisotopic (exact) mass is 402 g/mol. The van der Waals surface area contributed by atoms with Crippen LogP contribution in [0.2, 0.25) is 10.0 Å². The average molecular weight is 403 g/mol. The molecule has 1 amide bonds. The minimum atomic E-state index is -0.0824. The molecule has 27 heavy (non-hydrogen) atoms. The summed E-state index contributed by atoms with van der Waals surface area (Å²) >= 11 is 12.0. The Morgan fingerprint density at radius 1 is 1.00 bits per heavy atom. The molecule has 7 nitrogen and oxygen atoms in total. The van der Waals surface area contributed by atoms with E-state index in [2.05, 4.69) is 19.9 Å². The molecule has 3 aromatic rings. The molecule has 138 valence electrons. The number of piperazine rings is 1. The molecule has 1 fully saturated rings. The van der Waals surface area contributed by atoms with Crippen molar-refractivity contribution < 1.29 is 4.79 Å². The van der Waals surface area contributed by atoms with Crippen molar-refractivity contribution >= 4 is 51.8 Å². The number of amides is 1. The first-order valence-electron chi connectivity index (χ1n) is 8.39. The van der Waals surface area contributed by atoms with Crippen LogP contribution in [0.5, 0.6) is 0 Å². The fourth-order valence-corrected chi connectivity index (χ4v) is 3.70. The Balaban J connectivity index is 1.52. The van der Waals surface area contributed by atoms with E-state index in [1.165, 1.54) is 6.33 Å². The van der Waals surface area contributed by atoms with Crippen LogP contribution in [-0.2, 0) is 0 Å². The van der Waals surface area contributed by atoms with Crippen molar-refractivity contribution in [1.29, 1.82) is 0 Å². The second kappa shape index (κ2) is 7.17. The first kappa shape index (κ1) is 17.8. The largest absolute Gasteiger partial charge is 0.384 e. The van der Waals surface area contributed by atoms with Gasteiger partial charge in [-0.2, -0.15) is 0 Å². The Kier molecular flexibility index (Phi) is 4.72. The van der Waals surface area contributed by atoms with Crippen LogP contribution in [0.4, 0.5) is 11.6 Å². The van der Waals surface area contributed by atoms with Crippen LogP contribution in [0.15, 0.2) is 36.7 Å². The van der Waals surface area contributed by atoms with E-state index < -0.39 is 0 Å². The fourth-order valence-electron chi connectivity index (χ4n) is 3.18. The minimum absolute atomic E-state index is 0.0824. The van der Waals surface area contributed by atoms with Crippen molar-refractivity contribution in [3.8, 4) is 0 Å². The van der Waals surface area contributed by atoms with Crippen molar-refractivity contribution in [1.82, 2.24) is 19.9 Å². The highest BCUT2D eigenvalue weighted by Gasteiger charge is 2.24. The van der Waals surface area contributed by atoms with Crippen LogP contribution >= 0.6 is 23.2 Å². The highest BCUT2D eigenvalue weighted by atomic mass is 35.5. The van der Waals surface area contributed by atoms with Gasteiger partial charge < -0.3 is 15.5 Å². The first-order valence-corrected chi connectivity index (χ1v) is 9.14. The van der Waals surface area contributed by atoms with Crippen LogP contribution in [0.25, 0.3) is 11.0 Å². The molecule has 4 rings (SSSR count). The number of carbonyl (C=O) groups is 1. The van der Waals surface area contributed by atoms with Gasteiger partial charge in [-0.1, -0.05) is 23.2 Å². The number of nitrogens with zero attached hydrogens (tertiary/aromatic N) is 5. The highest BCUT2D eigenvalue weighted by molar-refractivity contribution is 6.35. The number of rotatable bonds is 2. The quantitative estimate of drug-likeness (QED) is 0.708. The zero-order valence-corrected chi connectivity index (χ0v) is 15.8. The lowest BCUT2D eigenvalue weighted by atomic mass is 10.1. The van der Waals surface area contributed by atoms with E-state index in [1.807, 2.05) is 6.07 Å². The number of nitrogens with two attached hydrogens (primary N) is 1. The molecule has 0 spiro atoms. The fraction of sp³-hybridized carbons (Fsp3) is 0.222. The van der Waals surface area contributed by atoms with Gasteiger partial charge in [-0.3, -0.25) is 4.79 Å². The van der Waals surface area contributed by atoms with Gasteiger partial charge in [0, 0.05) is 41.8 Å². The standard InChI is InChI=1S/C18H16Cl2N6O/c19-12-7-11(8-13(20)9-12)18(27)26-5-3-25(4-6-26)17-14-1-2-15(21)24-16(14)22-10-23-17/h1-2,7-10H,3-6H2,(H2,21,22,23,24).